The molecule has 2 unspecified atom stereocenters. The van der Waals surface area contributed by atoms with Crippen molar-refractivity contribution in [2.75, 3.05) is 18.6 Å². The number of nitrogens with one attached hydrogen (secondary N) is 1. The summed E-state index contributed by atoms with van der Waals surface area (Å²) in [4.78, 5) is 47.5. The number of rotatable bonds is 8. The SMILES string of the molecule is CO/N=C(\C(=O)NC1C(=O)N2C(C(=O)O)=C(/C=C/Sc3nncs3)CSC12)c1csc(N)n1. The topological polar surface area (TPSA) is 173 Å². The maximum absolute atomic E-state index is 12.8. The number of oxime groups is 1. The minimum atomic E-state index is -1.22. The first-order valence-electron chi connectivity index (χ1n) is 9.04. The summed E-state index contributed by atoms with van der Waals surface area (Å²) in [6, 6.07) is -0.920. The number of hydrogen-bond donors (Lipinski definition) is 3. The van der Waals surface area contributed by atoms with E-state index in [2.05, 4.69) is 25.7 Å². The standard InChI is InChI=1S/C17H15N7O5S4/c1-29-23-9(8-5-32-16(18)20-8)12(25)21-10-13(26)24-11(15(27)28)7(4-31-14(10)24)2-3-30-17-22-19-6-33-17/h2-3,5-6,10,14H,4H2,1H3,(H2,18,20)(H,21,25)(H,27,28)/b3-2+,23-9-. The number of carboxylic acid groups (broad SMARTS) is 1. The maximum Gasteiger partial charge on any atom is 0.352 e. The van der Waals surface area contributed by atoms with Crippen LogP contribution in [0.15, 0.2) is 43.1 Å². The molecule has 12 nitrogen and oxygen atoms in total. The molecule has 4 heterocycles. The van der Waals surface area contributed by atoms with E-state index in [1.807, 2.05) is 0 Å². The minimum absolute atomic E-state index is 0.110. The van der Waals surface area contributed by atoms with Crippen molar-refractivity contribution in [3.05, 3.63) is 39.3 Å². The highest BCUT2D eigenvalue weighted by Gasteiger charge is 2.54. The first-order valence-corrected chi connectivity index (χ1v) is 12.7. The Balaban J connectivity index is 1.49. The summed E-state index contributed by atoms with van der Waals surface area (Å²) in [7, 11) is 1.28. The van der Waals surface area contributed by atoms with E-state index in [1.165, 1.54) is 46.9 Å². The molecule has 2 aliphatic rings. The van der Waals surface area contributed by atoms with Crippen LogP contribution in [-0.4, -0.2) is 73.0 Å². The van der Waals surface area contributed by atoms with Gasteiger partial charge in [0.2, 0.25) is 0 Å². The van der Waals surface area contributed by atoms with Gasteiger partial charge in [-0.2, -0.15) is 0 Å². The molecule has 0 spiro atoms. The number of anilines is 1. The van der Waals surface area contributed by atoms with Gasteiger partial charge in [-0.1, -0.05) is 28.3 Å². The normalized spacial score (nSPS) is 20.6. The van der Waals surface area contributed by atoms with Crippen LogP contribution in [0.1, 0.15) is 5.69 Å². The molecule has 33 heavy (non-hydrogen) atoms. The van der Waals surface area contributed by atoms with Gasteiger partial charge in [-0.25, -0.2) is 9.78 Å². The third-order valence-electron chi connectivity index (χ3n) is 4.43. The average Bonchev–Trinajstić information content (AvgIpc) is 3.46. The molecule has 0 bridgehead atoms. The summed E-state index contributed by atoms with van der Waals surface area (Å²) in [6.07, 6.45) is 1.65. The number of nitrogens with zero attached hydrogens (tertiary/aromatic N) is 5. The van der Waals surface area contributed by atoms with E-state index in [9.17, 15) is 19.5 Å². The van der Waals surface area contributed by atoms with Crippen LogP contribution >= 0.6 is 46.2 Å². The predicted molar refractivity (Wildman–Crippen MR) is 125 cm³/mol. The lowest BCUT2D eigenvalue weighted by molar-refractivity contribution is -0.150. The summed E-state index contributed by atoms with van der Waals surface area (Å²) in [5.41, 5.74) is 7.67. The Morgan fingerprint density at radius 3 is 2.91 bits per heavy atom. The summed E-state index contributed by atoms with van der Waals surface area (Å²) in [5.74, 6) is -2.09. The number of aliphatic carboxylic acids is 1. The number of carbonyl (C=O) groups excluding carboxylic acids is 2. The van der Waals surface area contributed by atoms with Gasteiger partial charge >= 0.3 is 5.97 Å². The summed E-state index contributed by atoms with van der Waals surface area (Å²) in [6.45, 7) is 0. The van der Waals surface area contributed by atoms with E-state index in [-0.39, 0.29) is 22.2 Å². The molecular formula is C17H15N7O5S4. The number of allylic oxidation sites excluding steroid dienone is 1. The molecule has 172 valence electrons. The second kappa shape index (κ2) is 9.90. The molecule has 2 atom stereocenters. The summed E-state index contributed by atoms with van der Waals surface area (Å²) < 4.78 is 0.711. The molecule has 0 saturated carbocycles. The van der Waals surface area contributed by atoms with Crippen molar-refractivity contribution in [1.82, 2.24) is 25.4 Å². The smallest absolute Gasteiger partial charge is 0.352 e. The zero-order valence-corrected chi connectivity index (χ0v) is 20.0. The fourth-order valence-corrected chi connectivity index (χ4v) is 6.17. The van der Waals surface area contributed by atoms with Crippen LogP contribution in [0.5, 0.6) is 0 Å². The van der Waals surface area contributed by atoms with Crippen LogP contribution in [0.2, 0.25) is 0 Å². The van der Waals surface area contributed by atoms with Crippen molar-refractivity contribution in [1.29, 1.82) is 0 Å². The first kappa shape index (κ1) is 23.2. The van der Waals surface area contributed by atoms with E-state index in [4.69, 9.17) is 10.6 Å². The third-order valence-corrected chi connectivity index (χ3v) is 8.02. The molecule has 1 fully saturated rings. The van der Waals surface area contributed by atoms with Gasteiger partial charge in [-0.3, -0.25) is 14.5 Å². The van der Waals surface area contributed by atoms with Gasteiger partial charge in [0.1, 0.15) is 35.4 Å². The predicted octanol–water partition coefficient (Wildman–Crippen LogP) is 0.972. The molecule has 4 rings (SSSR count). The second-order valence-corrected chi connectivity index (χ2v) is 10.3. The molecule has 0 aliphatic carbocycles. The van der Waals surface area contributed by atoms with Gasteiger partial charge < -0.3 is 21.0 Å². The summed E-state index contributed by atoms with van der Waals surface area (Å²) in [5, 5.41) is 26.6. The zero-order chi connectivity index (χ0) is 23.5. The Kier molecular flexibility index (Phi) is 6.96. The molecule has 2 aliphatic heterocycles. The fourth-order valence-electron chi connectivity index (χ4n) is 3.06. The number of β-lactam (4-membered cyclic amide) rings is 1. The van der Waals surface area contributed by atoms with Crippen LogP contribution in [0.4, 0.5) is 5.13 Å². The summed E-state index contributed by atoms with van der Waals surface area (Å²) >= 11 is 5.13. The minimum Gasteiger partial charge on any atom is -0.477 e. The van der Waals surface area contributed by atoms with Crippen LogP contribution in [0.25, 0.3) is 0 Å². The lowest BCUT2D eigenvalue weighted by Gasteiger charge is -2.49. The van der Waals surface area contributed by atoms with Gasteiger partial charge in [-0.15, -0.1) is 33.3 Å². The number of nitrogens with two attached hydrogens (primary N) is 1. The number of hydrogen-bond acceptors (Lipinski definition) is 13. The molecule has 2 aromatic rings. The molecule has 1 saturated heterocycles. The van der Waals surface area contributed by atoms with E-state index in [0.717, 1.165) is 11.3 Å². The van der Waals surface area contributed by atoms with Crippen molar-refractivity contribution in [2.24, 2.45) is 5.16 Å². The van der Waals surface area contributed by atoms with E-state index < -0.39 is 29.2 Å². The Labute approximate surface area is 203 Å². The molecule has 2 amide bonds. The number of nitrogen functional groups attached to an aromatic ring is 1. The fraction of sp³-hybridized carbons (Fsp3) is 0.235. The van der Waals surface area contributed by atoms with Crippen molar-refractivity contribution in [3.8, 4) is 0 Å². The van der Waals surface area contributed by atoms with Crippen LogP contribution < -0.4 is 11.1 Å². The average molecular weight is 526 g/mol. The molecular weight excluding hydrogens is 510 g/mol. The van der Waals surface area contributed by atoms with Crippen LogP contribution in [0, 0.1) is 0 Å². The maximum atomic E-state index is 12.8. The molecule has 0 aromatic carbocycles. The Hall–Kier alpha value is -2.95. The number of thioether (sulfide) groups is 2. The Morgan fingerprint density at radius 2 is 2.27 bits per heavy atom. The molecule has 2 aromatic heterocycles. The largest absolute Gasteiger partial charge is 0.477 e. The monoisotopic (exact) mass is 525 g/mol. The highest BCUT2D eigenvalue weighted by Crippen LogP contribution is 2.41. The van der Waals surface area contributed by atoms with Gasteiger partial charge in [0.25, 0.3) is 11.8 Å². The lowest BCUT2D eigenvalue weighted by atomic mass is 10.0. The van der Waals surface area contributed by atoms with E-state index in [1.54, 1.807) is 22.4 Å². The zero-order valence-electron chi connectivity index (χ0n) is 16.7. The van der Waals surface area contributed by atoms with Gasteiger partial charge in [0.05, 0.1) is 0 Å². The quantitative estimate of drug-likeness (QED) is 0.194. The first-order chi connectivity index (χ1) is 15.9. The van der Waals surface area contributed by atoms with Gasteiger partial charge in [0.15, 0.2) is 15.2 Å². The van der Waals surface area contributed by atoms with E-state index in [0.29, 0.717) is 15.7 Å². The molecule has 0 radical (unpaired) electrons. The molecule has 16 heteroatoms. The molecule has 4 N–H and O–H groups in total. The second-order valence-electron chi connectivity index (χ2n) is 6.36. The number of fused-ring (bicyclic) bond motifs is 1. The highest BCUT2D eigenvalue weighted by atomic mass is 32.2. The number of amides is 2. The van der Waals surface area contributed by atoms with Gasteiger partial charge in [-0.05, 0) is 17.1 Å². The third kappa shape index (κ3) is 4.73. The Bertz CT molecular complexity index is 1180. The van der Waals surface area contributed by atoms with E-state index >= 15 is 0 Å². The number of aromatic nitrogens is 3. The van der Waals surface area contributed by atoms with Crippen molar-refractivity contribution in [3.63, 3.8) is 0 Å². The number of carboxylic acids is 1. The Morgan fingerprint density at radius 1 is 1.45 bits per heavy atom. The number of thiazole rings is 1. The number of carbonyl (C=O) groups is 3. The van der Waals surface area contributed by atoms with Gasteiger partial charge in [0, 0.05) is 11.1 Å². The lowest BCUT2D eigenvalue weighted by Crippen LogP contribution is -2.71. The van der Waals surface area contributed by atoms with Crippen molar-refractivity contribution >= 4 is 74.8 Å². The highest BCUT2D eigenvalue weighted by molar-refractivity contribution is 8.03. The van der Waals surface area contributed by atoms with Crippen LogP contribution in [-0.2, 0) is 19.2 Å². The van der Waals surface area contributed by atoms with Crippen LogP contribution in [0.3, 0.4) is 0 Å². The van der Waals surface area contributed by atoms with Crippen molar-refractivity contribution in [2.45, 2.75) is 15.8 Å². The van der Waals surface area contributed by atoms with Crippen molar-refractivity contribution < 1.29 is 24.3 Å².